The van der Waals surface area contributed by atoms with Crippen LogP contribution in [0.5, 0.6) is 0 Å². The number of nitriles is 1. The van der Waals surface area contributed by atoms with E-state index in [2.05, 4.69) is 26.8 Å². The summed E-state index contributed by atoms with van der Waals surface area (Å²) in [4.78, 5) is 16.4. The summed E-state index contributed by atoms with van der Waals surface area (Å²) < 4.78 is 40.4. The number of hydrogen-bond acceptors (Lipinski definition) is 4. The van der Waals surface area contributed by atoms with Gasteiger partial charge in [-0.2, -0.15) is 18.4 Å². The lowest BCUT2D eigenvalue weighted by Gasteiger charge is -2.42. The number of amidine groups is 1. The van der Waals surface area contributed by atoms with E-state index in [1.54, 1.807) is 0 Å². The highest BCUT2D eigenvalue weighted by atomic mass is 35.5. The molecule has 1 aromatic heterocycles. The summed E-state index contributed by atoms with van der Waals surface area (Å²) in [5, 5.41) is 19.0. The van der Waals surface area contributed by atoms with Gasteiger partial charge in [-0.15, -0.1) is 11.3 Å². The van der Waals surface area contributed by atoms with Crippen molar-refractivity contribution >= 4 is 40.2 Å². The van der Waals surface area contributed by atoms with Gasteiger partial charge in [-0.05, 0) is 48.6 Å². The van der Waals surface area contributed by atoms with Crippen molar-refractivity contribution in [1.82, 2.24) is 0 Å². The summed E-state index contributed by atoms with van der Waals surface area (Å²) in [7, 11) is 0. The third-order valence-electron chi connectivity index (χ3n) is 6.20. The molecule has 0 bridgehead atoms. The van der Waals surface area contributed by atoms with E-state index in [0.29, 0.717) is 30.5 Å². The van der Waals surface area contributed by atoms with E-state index in [9.17, 15) is 23.2 Å². The minimum Gasteiger partial charge on any atom is -0.300 e. The van der Waals surface area contributed by atoms with Gasteiger partial charge in [-0.1, -0.05) is 32.4 Å². The second-order valence-electron chi connectivity index (χ2n) is 9.56. The maximum Gasteiger partial charge on any atom is 0.416 e. The highest BCUT2D eigenvalue weighted by Gasteiger charge is 2.46. The lowest BCUT2D eigenvalue weighted by molar-refractivity contribution is -0.137. The molecular formula is C25H23ClF3N3OS. The van der Waals surface area contributed by atoms with Crippen LogP contribution in [0, 0.1) is 22.7 Å². The number of allylic oxidation sites excluding steroid dienone is 2. The Bertz CT molecular complexity index is 1250. The number of Topliss-reactive ketones (excluding diaryl/α,β-unsaturated/α-hetero) is 1. The highest BCUT2D eigenvalue weighted by Crippen LogP contribution is 2.50. The molecule has 0 fully saturated rings. The van der Waals surface area contributed by atoms with Crippen LogP contribution in [0.4, 0.5) is 18.9 Å². The van der Waals surface area contributed by atoms with Gasteiger partial charge >= 0.3 is 6.18 Å². The van der Waals surface area contributed by atoms with E-state index >= 15 is 0 Å². The molecule has 4 nitrogen and oxygen atoms in total. The first kappa shape index (κ1) is 24.5. The van der Waals surface area contributed by atoms with Crippen molar-refractivity contribution in [3.63, 3.8) is 0 Å². The topological polar surface area (TPSA) is 68.0 Å². The van der Waals surface area contributed by atoms with E-state index in [0.717, 1.165) is 28.0 Å². The van der Waals surface area contributed by atoms with Crippen LogP contribution < -0.4 is 4.90 Å². The van der Waals surface area contributed by atoms with Crippen LogP contribution >= 0.6 is 22.9 Å². The number of carbonyl (C=O) groups excluding carboxylic acids is 1. The smallest absolute Gasteiger partial charge is 0.300 e. The molecule has 2 heterocycles. The molecule has 0 saturated carbocycles. The lowest BCUT2D eigenvalue weighted by Crippen LogP contribution is -2.45. The summed E-state index contributed by atoms with van der Waals surface area (Å²) in [5.74, 6) is -1.99. The first-order chi connectivity index (χ1) is 15.8. The first-order valence-corrected chi connectivity index (χ1v) is 12.1. The zero-order valence-corrected chi connectivity index (χ0v) is 20.5. The van der Waals surface area contributed by atoms with Crippen molar-refractivity contribution in [2.24, 2.45) is 5.92 Å². The molecule has 0 spiro atoms. The number of alkyl halides is 3. The summed E-state index contributed by atoms with van der Waals surface area (Å²) in [5.41, 5.74) is -0.204. The zero-order chi connectivity index (χ0) is 25.0. The van der Waals surface area contributed by atoms with Gasteiger partial charge in [-0.25, -0.2) is 0 Å². The molecule has 0 amide bonds. The number of halogens is 4. The van der Waals surface area contributed by atoms with Crippen LogP contribution in [-0.2, 0) is 16.4 Å². The molecule has 2 aliphatic rings. The Labute approximate surface area is 205 Å². The van der Waals surface area contributed by atoms with Gasteiger partial charge in [-0.3, -0.25) is 15.1 Å². The summed E-state index contributed by atoms with van der Waals surface area (Å²) >= 11 is 7.82. The van der Waals surface area contributed by atoms with Crippen LogP contribution in [0.2, 0.25) is 5.02 Å². The van der Waals surface area contributed by atoms with Gasteiger partial charge in [0, 0.05) is 33.4 Å². The Kier molecular flexibility index (Phi) is 6.16. The van der Waals surface area contributed by atoms with E-state index in [4.69, 9.17) is 17.0 Å². The maximum atomic E-state index is 13.5. The fourth-order valence-electron chi connectivity index (χ4n) is 4.54. The van der Waals surface area contributed by atoms with Crippen molar-refractivity contribution in [3.05, 3.63) is 61.9 Å². The summed E-state index contributed by atoms with van der Waals surface area (Å²) in [6, 6.07) is 8.93. The molecule has 9 heteroatoms. The van der Waals surface area contributed by atoms with Gasteiger partial charge in [0.05, 0.1) is 22.3 Å². The third-order valence-corrected chi connectivity index (χ3v) is 8.12. The monoisotopic (exact) mass is 505 g/mol. The molecule has 1 aliphatic carbocycles. The molecule has 1 N–H and O–H groups in total. The highest BCUT2D eigenvalue weighted by molar-refractivity contribution is 7.12. The number of hydrogen-bond donors (Lipinski definition) is 1. The number of nitrogens with one attached hydrogen (secondary N) is 1. The van der Waals surface area contributed by atoms with Crippen LogP contribution in [0.1, 0.15) is 61.3 Å². The molecular weight excluding hydrogens is 483 g/mol. The Morgan fingerprint density at radius 2 is 1.88 bits per heavy atom. The minimum absolute atomic E-state index is 0.0175. The first-order valence-electron chi connectivity index (χ1n) is 10.9. The molecule has 0 saturated heterocycles. The van der Waals surface area contributed by atoms with Gasteiger partial charge in [0.2, 0.25) is 0 Å². The van der Waals surface area contributed by atoms with Crippen molar-refractivity contribution in [2.45, 2.75) is 57.5 Å². The summed E-state index contributed by atoms with van der Waals surface area (Å²) in [6.45, 7) is 6.21. The van der Waals surface area contributed by atoms with Crippen molar-refractivity contribution in [3.8, 4) is 6.07 Å². The van der Waals surface area contributed by atoms with Crippen molar-refractivity contribution in [2.75, 3.05) is 4.90 Å². The molecule has 1 aliphatic heterocycles. The Hall–Kier alpha value is -2.63. The molecule has 2 atom stereocenters. The standard InChI is InChI=1S/C25H23ClF3N3OS/c1-24(2,3)20-10-9-19(34-20)21-14(12-30)23(31)32(16-5-4-6-18(33)22(16)21)17-11-13(25(27,28)29)7-8-15(17)26/h7-11,14,21,31H,4-6H2,1-3H3. The predicted octanol–water partition coefficient (Wildman–Crippen LogP) is 7.45. The van der Waals surface area contributed by atoms with E-state index in [1.807, 2.05) is 12.1 Å². The average molecular weight is 506 g/mol. The van der Waals surface area contributed by atoms with E-state index in [-0.39, 0.29) is 27.7 Å². The maximum absolute atomic E-state index is 13.5. The van der Waals surface area contributed by atoms with Gasteiger partial charge in [0.15, 0.2) is 5.78 Å². The third kappa shape index (κ3) is 4.16. The van der Waals surface area contributed by atoms with Crippen LogP contribution in [0.25, 0.3) is 0 Å². The Morgan fingerprint density at radius 1 is 1.18 bits per heavy atom. The number of nitrogens with zero attached hydrogens (tertiary/aromatic N) is 2. The average Bonchev–Trinajstić information content (AvgIpc) is 3.23. The Balaban J connectivity index is 1.95. The SMILES string of the molecule is CC(C)(C)c1ccc(C2C3=C(CCCC3=O)N(c3cc(C(F)(F)F)ccc3Cl)C(=N)C2C#N)s1. The molecule has 4 rings (SSSR count). The molecule has 178 valence electrons. The Morgan fingerprint density at radius 3 is 2.47 bits per heavy atom. The largest absolute Gasteiger partial charge is 0.416 e. The van der Waals surface area contributed by atoms with Gasteiger partial charge < -0.3 is 0 Å². The minimum atomic E-state index is -4.60. The van der Waals surface area contributed by atoms with Crippen molar-refractivity contribution < 1.29 is 18.0 Å². The van der Waals surface area contributed by atoms with Crippen LogP contribution in [0.15, 0.2) is 41.6 Å². The number of benzene rings is 1. The number of ketones is 1. The lowest BCUT2D eigenvalue weighted by atomic mass is 9.74. The van der Waals surface area contributed by atoms with E-state index in [1.165, 1.54) is 16.2 Å². The van der Waals surface area contributed by atoms with E-state index < -0.39 is 23.6 Å². The number of thiophene rings is 1. The van der Waals surface area contributed by atoms with Crippen molar-refractivity contribution in [1.29, 1.82) is 10.7 Å². The quantitative estimate of drug-likeness (QED) is 0.461. The molecule has 0 radical (unpaired) electrons. The number of anilines is 1. The fraction of sp³-hybridized carbons (Fsp3) is 0.400. The number of carbonyl (C=O) groups is 1. The van der Waals surface area contributed by atoms with Gasteiger partial charge in [0.25, 0.3) is 0 Å². The summed E-state index contributed by atoms with van der Waals surface area (Å²) in [6.07, 6.45) is -3.39. The second-order valence-corrected chi connectivity index (χ2v) is 11.1. The molecule has 1 aromatic carbocycles. The predicted molar refractivity (Wildman–Crippen MR) is 127 cm³/mol. The van der Waals surface area contributed by atoms with Gasteiger partial charge in [0.1, 0.15) is 11.8 Å². The zero-order valence-electron chi connectivity index (χ0n) is 18.9. The molecule has 2 aromatic rings. The molecule has 34 heavy (non-hydrogen) atoms. The van der Waals surface area contributed by atoms with Crippen LogP contribution in [-0.4, -0.2) is 11.6 Å². The number of rotatable bonds is 2. The van der Waals surface area contributed by atoms with Crippen LogP contribution in [0.3, 0.4) is 0 Å². The normalized spacial score (nSPS) is 21.5. The second kappa shape index (κ2) is 8.54. The molecule has 2 unspecified atom stereocenters. The fourth-order valence-corrected chi connectivity index (χ4v) is 5.96.